The van der Waals surface area contributed by atoms with E-state index in [0.29, 0.717) is 24.8 Å². The van der Waals surface area contributed by atoms with Crippen LogP contribution in [0.3, 0.4) is 0 Å². The number of hydrogen-bond acceptors (Lipinski definition) is 3. The Labute approximate surface area is 113 Å². The Morgan fingerprint density at radius 3 is 3.17 bits per heavy atom. The lowest BCUT2D eigenvalue weighted by Gasteiger charge is -2.32. The van der Waals surface area contributed by atoms with Crippen LogP contribution in [0.25, 0.3) is 0 Å². The van der Waals surface area contributed by atoms with Crippen LogP contribution in [0.5, 0.6) is 0 Å². The number of amides is 1. The van der Waals surface area contributed by atoms with Crippen LogP contribution in [0.2, 0.25) is 0 Å². The zero-order chi connectivity index (χ0) is 12.8. The van der Waals surface area contributed by atoms with Crippen LogP contribution >= 0.6 is 11.3 Å². The first-order valence-corrected chi connectivity index (χ1v) is 7.68. The van der Waals surface area contributed by atoms with E-state index in [9.17, 15) is 4.79 Å². The summed E-state index contributed by atoms with van der Waals surface area (Å²) in [6, 6.07) is 4.21. The van der Waals surface area contributed by atoms with Crippen molar-refractivity contribution in [3.63, 3.8) is 0 Å². The first-order valence-electron chi connectivity index (χ1n) is 6.80. The Morgan fingerprint density at radius 2 is 2.44 bits per heavy atom. The maximum Gasteiger partial charge on any atom is 0.222 e. The fraction of sp³-hybridized carbons (Fsp3) is 0.643. The molecule has 1 aliphatic heterocycles. The number of piperidine rings is 1. The number of hydrogen-bond donors (Lipinski definition) is 1. The van der Waals surface area contributed by atoms with Gasteiger partial charge in [-0.05, 0) is 49.6 Å². The van der Waals surface area contributed by atoms with Gasteiger partial charge < -0.3 is 10.6 Å². The standard InChI is InChI=1S/C14H22N2OS/c15-10-12-4-2-8-16(11-12)14(17)7-1-5-13-6-3-9-18-13/h3,6,9,12H,1-2,4-5,7-8,10-11,15H2. The molecule has 0 saturated carbocycles. The average molecular weight is 266 g/mol. The van der Waals surface area contributed by atoms with Gasteiger partial charge in [0.25, 0.3) is 0 Å². The zero-order valence-electron chi connectivity index (χ0n) is 10.8. The predicted octanol–water partition coefficient (Wildman–Crippen LogP) is 2.27. The lowest BCUT2D eigenvalue weighted by Crippen LogP contribution is -2.41. The van der Waals surface area contributed by atoms with Gasteiger partial charge in [-0.1, -0.05) is 6.07 Å². The summed E-state index contributed by atoms with van der Waals surface area (Å²) in [6.45, 7) is 2.50. The van der Waals surface area contributed by atoms with Crippen LogP contribution in [-0.2, 0) is 11.2 Å². The Morgan fingerprint density at radius 1 is 1.56 bits per heavy atom. The summed E-state index contributed by atoms with van der Waals surface area (Å²) in [5, 5.41) is 2.09. The van der Waals surface area contributed by atoms with Crippen molar-refractivity contribution in [2.45, 2.75) is 32.1 Å². The molecular formula is C14H22N2OS. The third-order valence-electron chi connectivity index (χ3n) is 3.60. The summed E-state index contributed by atoms with van der Waals surface area (Å²) in [7, 11) is 0. The van der Waals surface area contributed by atoms with Gasteiger partial charge in [0.2, 0.25) is 5.91 Å². The Bertz CT molecular complexity index is 364. The smallest absolute Gasteiger partial charge is 0.222 e. The zero-order valence-corrected chi connectivity index (χ0v) is 11.6. The predicted molar refractivity (Wildman–Crippen MR) is 75.6 cm³/mol. The molecule has 1 fully saturated rings. The largest absolute Gasteiger partial charge is 0.342 e. The Hall–Kier alpha value is -0.870. The lowest BCUT2D eigenvalue weighted by atomic mass is 9.98. The first kappa shape index (κ1) is 13.6. The quantitative estimate of drug-likeness (QED) is 0.888. The number of likely N-dealkylation sites (tertiary alicyclic amines) is 1. The Balaban J connectivity index is 1.70. The average Bonchev–Trinajstić information content (AvgIpc) is 2.92. The molecular weight excluding hydrogens is 244 g/mol. The van der Waals surface area contributed by atoms with E-state index in [-0.39, 0.29) is 0 Å². The summed E-state index contributed by atoms with van der Waals surface area (Å²) >= 11 is 1.77. The van der Waals surface area contributed by atoms with Gasteiger partial charge in [0.15, 0.2) is 0 Å². The number of nitrogens with two attached hydrogens (primary N) is 1. The van der Waals surface area contributed by atoms with Crippen molar-refractivity contribution in [1.29, 1.82) is 0 Å². The van der Waals surface area contributed by atoms with Crippen LogP contribution in [0, 0.1) is 5.92 Å². The van der Waals surface area contributed by atoms with Gasteiger partial charge in [0.1, 0.15) is 0 Å². The molecule has 0 spiro atoms. The van der Waals surface area contributed by atoms with Crippen LogP contribution in [0.1, 0.15) is 30.6 Å². The van der Waals surface area contributed by atoms with Crippen LogP contribution < -0.4 is 5.73 Å². The number of aryl methyl sites for hydroxylation is 1. The number of nitrogens with zero attached hydrogens (tertiary/aromatic N) is 1. The fourth-order valence-electron chi connectivity index (χ4n) is 2.51. The molecule has 1 amide bonds. The van der Waals surface area contributed by atoms with E-state index in [2.05, 4.69) is 17.5 Å². The minimum absolute atomic E-state index is 0.310. The van der Waals surface area contributed by atoms with E-state index >= 15 is 0 Å². The van der Waals surface area contributed by atoms with E-state index in [1.54, 1.807) is 11.3 Å². The van der Waals surface area contributed by atoms with Crippen LogP contribution in [0.4, 0.5) is 0 Å². The summed E-state index contributed by atoms with van der Waals surface area (Å²) < 4.78 is 0. The molecule has 1 saturated heterocycles. The van der Waals surface area contributed by atoms with Crippen molar-refractivity contribution in [3.8, 4) is 0 Å². The third-order valence-corrected chi connectivity index (χ3v) is 4.54. The molecule has 2 N–H and O–H groups in total. The SMILES string of the molecule is NCC1CCCN(C(=O)CCCc2cccs2)C1. The molecule has 1 atom stereocenters. The van der Waals surface area contributed by atoms with Gasteiger partial charge in [-0.25, -0.2) is 0 Å². The molecule has 1 aliphatic rings. The molecule has 2 rings (SSSR count). The molecule has 100 valence electrons. The van der Waals surface area contributed by atoms with Crippen molar-refractivity contribution in [1.82, 2.24) is 4.90 Å². The monoisotopic (exact) mass is 266 g/mol. The summed E-state index contributed by atoms with van der Waals surface area (Å²) in [6.07, 6.45) is 4.95. The second-order valence-electron chi connectivity index (χ2n) is 5.02. The molecule has 18 heavy (non-hydrogen) atoms. The molecule has 4 heteroatoms. The van der Waals surface area contributed by atoms with E-state index in [0.717, 1.165) is 32.4 Å². The molecule has 0 bridgehead atoms. The van der Waals surface area contributed by atoms with Crippen LogP contribution in [0.15, 0.2) is 17.5 Å². The van der Waals surface area contributed by atoms with Gasteiger partial charge in [0.05, 0.1) is 0 Å². The topological polar surface area (TPSA) is 46.3 Å². The minimum Gasteiger partial charge on any atom is -0.342 e. The third kappa shape index (κ3) is 3.82. The highest BCUT2D eigenvalue weighted by Crippen LogP contribution is 2.17. The molecule has 1 aromatic rings. The lowest BCUT2D eigenvalue weighted by molar-refractivity contribution is -0.133. The highest BCUT2D eigenvalue weighted by Gasteiger charge is 2.22. The number of thiophene rings is 1. The Kier molecular flexibility index (Phi) is 5.20. The van der Waals surface area contributed by atoms with Crippen molar-refractivity contribution in [3.05, 3.63) is 22.4 Å². The van der Waals surface area contributed by atoms with E-state index in [1.165, 1.54) is 11.3 Å². The van der Waals surface area contributed by atoms with Crippen molar-refractivity contribution in [2.75, 3.05) is 19.6 Å². The molecule has 3 nitrogen and oxygen atoms in total. The molecule has 1 unspecified atom stereocenters. The van der Waals surface area contributed by atoms with E-state index in [4.69, 9.17) is 5.73 Å². The van der Waals surface area contributed by atoms with E-state index in [1.807, 2.05) is 4.90 Å². The summed E-state index contributed by atoms with van der Waals surface area (Å²) in [5.41, 5.74) is 5.69. The number of carbonyl (C=O) groups is 1. The van der Waals surface area contributed by atoms with Gasteiger partial charge in [-0.3, -0.25) is 4.79 Å². The van der Waals surface area contributed by atoms with Crippen LogP contribution in [-0.4, -0.2) is 30.4 Å². The van der Waals surface area contributed by atoms with Gasteiger partial charge >= 0.3 is 0 Å². The number of rotatable bonds is 5. The van der Waals surface area contributed by atoms with Crippen molar-refractivity contribution >= 4 is 17.2 Å². The molecule has 2 heterocycles. The minimum atomic E-state index is 0.310. The first-order chi connectivity index (χ1) is 8.79. The molecule has 0 radical (unpaired) electrons. The van der Waals surface area contributed by atoms with Crippen molar-refractivity contribution in [2.24, 2.45) is 11.7 Å². The van der Waals surface area contributed by atoms with Gasteiger partial charge in [0, 0.05) is 24.4 Å². The summed E-state index contributed by atoms with van der Waals surface area (Å²) in [5.74, 6) is 0.824. The number of carbonyl (C=O) groups excluding carboxylic acids is 1. The molecule has 0 aromatic carbocycles. The summed E-state index contributed by atoms with van der Waals surface area (Å²) in [4.78, 5) is 15.5. The van der Waals surface area contributed by atoms with E-state index < -0.39 is 0 Å². The van der Waals surface area contributed by atoms with Crippen molar-refractivity contribution < 1.29 is 4.79 Å². The highest BCUT2D eigenvalue weighted by atomic mass is 32.1. The highest BCUT2D eigenvalue weighted by molar-refractivity contribution is 7.09. The fourth-order valence-corrected chi connectivity index (χ4v) is 3.26. The molecule has 1 aromatic heterocycles. The normalized spacial score (nSPS) is 20.1. The second kappa shape index (κ2) is 6.90. The van der Waals surface area contributed by atoms with Gasteiger partial charge in [-0.15, -0.1) is 11.3 Å². The molecule has 0 aliphatic carbocycles. The second-order valence-corrected chi connectivity index (χ2v) is 6.05. The van der Waals surface area contributed by atoms with Gasteiger partial charge in [-0.2, -0.15) is 0 Å². The maximum atomic E-state index is 12.1. The maximum absolute atomic E-state index is 12.1.